The highest BCUT2D eigenvalue weighted by molar-refractivity contribution is 5.95. The molecule has 0 N–H and O–H groups in total. The number of amides is 1. The normalized spacial score (nSPS) is 20.7. The Morgan fingerprint density at radius 2 is 2.08 bits per heavy atom. The van der Waals surface area contributed by atoms with Crippen LogP contribution in [0.15, 0.2) is 36.5 Å². The first-order valence-electron chi connectivity index (χ1n) is 9.26. The molecule has 2 aliphatic rings. The van der Waals surface area contributed by atoms with Crippen molar-refractivity contribution in [2.24, 2.45) is 0 Å². The Labute approximate surface area is 148 Å². The zero-order chi connectivity index (χ0) is 17.2. The van der Waals surface area contributed by atoms with E-state index in [0.717, 1.165) is 37.1 Å². The SMILES string of the molecule is CCC1CN(C(=O)c2cnn(Cc3ccccc3)c2C2CC2)CCO1. The minimum absolute atomic E-state index is 0.114. The minimum Gasteiger partial charge on any atom is -0.375 e. The summed E-state index contributed by atoms with van der Waals surface area (Å²) in [6.45, 7) is 4.81. The Balaban J connectivity index is 1.58. The van der Waals surface area contributed by atoms with Gasteiger partial charge in [0.15, 0.2) is 0 Å². The fourth-order valence-corrected chi connectivity index (χ4v) is 3.55. The van der Waals surface area contributed by atoms with Crippen LogP contribution in [0, 0.1) is 0 Å². The van der Waals surface area contributed by atoms with Gasteiger partial charge in [0, 0.05) is 19.0 Å². The first kappa shape index (κ1) is 16.3. The Kier molecular flexibility index (Phi) is 4.57. The molecule has 4 rings (SSSR count). The third-order valence-electron chi connectivity index (χ3n) is 5.13. The smallest absolute Gasteiger partial charge is 0.257 e. The number of morpholine rings is 1. The van der Waals surface area contributed by atoms with Gasteiger partial charge in [-0.1, -0.05) is 37.3 Å². The van der Waals surface area contributed by atoms with Gasteiger partial charge in [-0.3, -0.25) is 9.48 Å². The monoisotopic (exact) mass is 339 g/mol. The number of benzene rings is 1. The van der Waals surface area contributed by atoms with E-state index >= 15 is 0 Å². The quantitative estimate of drug-likeness (QED) is 0.841. The molecule has 0 bridgehead atoms. The summed E-state index contributed by atoms with van der Waals surface area (Å²) in [4.78, 5) is 15.0. The molecule has 1 aromatic heterocycles. The second-order valence-corrected chi connectivity index (χ2v) is 7.01. The lowest BCUT2D eigenvalue weighted by Gasteiger charge is -2.32. The average molecular weight is 339 g/mol. The highest BCUT2D eigenvalue weighted by atomic mass is 16.5. The molecule has 1 saturated carbocycles. The van der Waals surface area contributed by atoms with Gasteiger partial charge in [-0.2, -0.15) is 5.10 Å². The summed E-state index contributed by atoms with van der Waals surface area (Å²) in [6, 6.07) is 10.3. The van der Waals surface area contributed by atoms with E-state index in [2.05, 4.69) is 24.2 Å². The van der Waals surface area contributed by atoms with Gasteiger partial charge in [0.1, 0.15) is 0 Å². The molecular weight excluding hydrogens is 314 g/mol. The molecular formula is C20H25N3O2. The van der Waals surface area contributed by atoms with Crippen LogP contribution in [-0.2, 0) is 11.3 Å². The van der Waals surface area contributed by atoms with Gasteiger partial charge in [0.2, 0.25) is 0 Å². The zero-order valence-electron chi connectivity index (χ0n) is 14.7. The summed E-state index contributed by atoms with van der Waals surface area (Å²) in [5.41, 5.74) is 3.12. The third-order valence-corrected chi connectivity index (χ3v) is 5.13. The molecule has 1 saturated heterocycles. The van der Waals surface area contributed by atoms with Crippen LogP contribution in [0.3, 0.4) is 0 Å². The van der Waals surface area contributed by atoms with Crippen molar-refractivity contribution in [1.29, 1.82) is 0 Å². The van der Waals surface area contributed by atoms with E-state index in [1.54, 1.807) is 6.20 Å². The van der Waals surface area contributed by atoms with Gasteiger partial charge in [0.25, 0.3) is 5.91 Å². The number of nitrogens with zero attached hydrogens (tertiary/aromatic N) is 3. The van der Waals surface area contributed by atoms with E-state index in [9.17, 15) is 4.79 Å². The lowest BCUT2D eigenvalue weighted by molar-refractivity contribution is -0.0226. The van der Waals surface area contributed by atoms with Crippen molar-refractivity contribution in [2.75, 3.05) is 19.7 Å². The van der Waals surface area contributed by atoms with Crippen LogP contribution >= 0.6 is 0 Å². The van der Waals surface area contributed by atoms with Crippen molar-refractivity contribution in [3.63, 3.8) is 0 Å². The summed E-state index contributed by atoms with van der Waals surface area (Å²) in [7, 11) is 0. The maximum Gasteiger partial charge on any atom is 0.257 e. The summed E-state index contributed by atoms with van der Waals surface area (Å²) < 4.78 is 7.73. The summed E-state index contributed by atoms with van der Waals surface area (Å²) in [5.74, 6) is 0.594. The Morgan fingerprint density at radius 1 is 1.28 bits per heavy atom. The molecule has 2 fully saturated rings. The Hall–Kier alpha value is -2.14. The molecule has 2 heterocycles. The molecule has 25 heavy (non-hydrogen) atoms. The van der Waals surface area contributed by atoms with E-state index in [-0.39, 0.29) is 12.0 Å². The van der Waals surface area contributed by atoms with Gasteiger partial charge < -0.3 is 9.64 Å². The molecule has 1 amide bonds. The van der Waals surface area contributed by atoms with Gasteiger partial charge in [-0.15, -0.1) is 0 Å². The van der Waals surface area contributed by atoms with E-state index in [4.69, 9.17) is 4.74 Å². The van der Waals surface area contributed by atoms with Crippen molar-refractivity contribution in [1.82, 2.24) is 14.7 Å². The maximum absolute atomic E-state index is 13.1. The lowest BCUT2D eigenvalue weighted by Crippen LogP contribution is -2.45. The standard InChI is InChI=1S/C20H25N3O2/c1-2-17-14-22(10-11-25-17)20(24)18-12-21-23(19(18)16-8-9-16)13-15-6-4-3-5-7-15/h3-7,12,16-17H,2,8-11,13-14H2,1H3. The van der Waals surface area contributed by atoms with Gasteiger partial charge in [-0.05, 0) is 24.8 Å². The van der Waals surface area contributed by atoms with Gasteiger partial charge in [-0.25, -0.2) is 0 Å². The summed E-state index contributed by atoms with van der Waals surface area (Å²) >= 11 is 0. The van der Waals surface area contributed by atoms with E-state index in [1.165, 1.54) is 5.56 Å². The van der Waals surface area contributed by atoms with Crippen LogP contribution in [0.2, 0.25) is 0 Å². The first-order valence-corrected chi connectivity index (χ1v) is 9.26. The van der Waals surface area contributed by atoms with Crippen LogP contribution in [-0.4, -0.2) is 46.4 Å². The Morgan fingerprint density at radius 3 is 2.80 bits per heavy atom. The van der Waals surface area contributed by atoms with Crippen LogP contribution in [0.5, 0.6) is 0 Å². The molecule has 1 aliphatic carbocycles. The van der Waals surface area contributed by atoms with Crippen molar-refractivity contribution >= 4 is 5.91 Å². The fourth-order valence-electron chi connectivity index (χ4n) is 3.55. The number of rotatable bonds is 5. The predicted octanol–water partition coefficient (Wildman–Crippen LogP) is 3.06. The Bertz CT molecular complexity index is 737. The third kappa shape index (κ3) is 3.47. The van der Waals surface area contributed by atoms with Crippen LogP contribution < -0.4 is 0 Å². The van der Waals surface area contributed by atoms with Crippen molar-refractivity contribution in [3.8, 4) is 0 Å². The number of aromatic nitrogens is 2. The molecule has 1 aliphatic heterocycles. The molecule has 1 aromatic carbocycles. The molecule has 1 atom stereocenters. The molecule has 132 valence electrons. The zero-order valence-corrected chi connectivity index (χ0v) is 14.7. The number of ether oxygens (including phenoxy) is 1. The molecule has 5 heteroatoms. The first-order chi connectivity index (χ1) is 12.3. The van der Waals surface area contributed by atoms with E-state index in [1.807, 2.05) is 27.8 Å². The maximum atomic E-state index is 13.1. The molecule has 5 nitrogen and oxygen atoms in total. The van der Waals surface area contributed by atoms with Crippen LogP contribution in [0.4, 0.5) is 0 Å². The van der Waals surface area contributed by atoms with Gasteiger partial charge >= 0.3 is 0 Å². The number of hydrogen-bond donors (Lipinski definition) is 0. The van der Waals surface area contributed by atoms with Crippen molar-refractivity contribution in [2.45, 2.75) is 44.8 Å². The largest absolute Gasteiger partial charge is 0.375 e. The van der Waals surface area contributed by atoms with Crippen LogP contribution in [0.1, 0.15) is 53.7 Å². The van der Waals surface area contributed by atoms with E-state index < -0.39 is 0 Å². The summed E-state index contributed by atoms with van der Waals surface area (Å²) in [5, 5.41) is 4.57. The lowest BCUT2D eigenvalue weighted by atomic mass is 10.1. The van der Waals surface area contributed by atoms with Gasteiger partial charge in [0.05, 0.1) is 36.7 Å². The molecule has 0 spiro atoms. The average Bonchev–Trinajstić information content (AvgIpc) is 3.42. The molecule has 0 radical (unpaired) electrons. The fraction of sp³-hybridized carbons (Fsp3) is 0.500. The highest BCUT2D eigenvalue weighted by Crippen LogP contribution is 2.42. The minimum atomic E-state index is 0.114. The highest BCUT2D eigenvalue weighted by Gasteiger charge is 2.34. The number of carbonyl (C=O) groups is 1. The second-order valence-electron chi connectivity index (χ2n) is 7.01. The molecule has 2 aromatic rings. The van der Waals surface area contributed by atoms with Crippen molar-refractivity contribution < 1.29 is 9.53 Å². The number of carbonyl (C=O) groups excluding carboxylic acids is 1. The number of hydrogen-bond acceptors (Lipinski definition) is 3. The van der Waals surface area contributed by atoms with E-state index in [0.29, 0.717) is 25.6 Å². The van der Waals surface area contributed by atoms with Crippen LogP contribution in [0.25, 0.3) is 0 Å². The van der Waals surface area contributed by atoms with Crippen molar-refractivity contribution in [3.05, 3.63) is 53.3 Å². The molecule has 1 unspecified atom stereocenters. The second kappa shape index (κ2) is 7.00. The predicted molar refractivity (Wildman–Crippen MR) is 95.7 cm³/mol. The topological polar surface area (TPSA) is 47.4 Å². The summed E-state index contributed by atoms with van der Waals surface area (Å²) in [6.07, 6.45) is 5.17.